The van der Waals surface area contributed by atoms with Gasteiger partial charge in [-0.1, -0.05) is 42.4 Å². The van der Waals surface area contributed by atoms with Gasteiger partial charge in [0.2, 0.25) is 0 Å². The van der Waals surface area contributed by atoms with Gasteiger partial charge in [0.1, 0.15) is 11.4 Å². The van der Waals surface area contributed by atoms with Crippen molar-refractivity contribution < 1.29 is 14.4 Å². The number of urea groups is 1. The third-order valence-corrected chi connectivity index (χ3v) is 3.39. The van der Waals surface area contributed by atoms with Crippen LogP contribution in [-0.2, 0) is 6.42 Å². The van der Waals surface area contributed by atoms with E-state index in [4.69, 9.17) is 4.52 Å². The van der Waals surface area contributed by atoms with Crippen LogP contribution in [0.3, 0.4) is 0 Å². The van der Waals surface area contributed by atoms with E-state index >= 15 is 0 Å². The van der Waals surface area contributed by atoms with Crippen LogP contribution in [-0.4, -0.2) is 22.8 Å². The van der Waals surface area contributed by atoms with E-state index in [1.165, 1.54) is 0 Å². The molecule has 0 spiro atoms. The first-order valence-electron chi connectivity index (χ1n) is 7.34. The second-order valence-corrected chi connectivity index (χ2v) is 5.01. The summed E-state index contributed by atoms with van der Waals surface area (Å²) in [5.74, 6) is 0.580. The molecule has 1 atom stereocenters. The van der Waals surface area contributed by atoms with Crippen molar-refractivity contribution in [2.24, 2.45) is 0 Å². The van der Waals surface area contributed by atoms with Gasteiger partial charge in [-0.05, 0) is 25.3 Å². The van der Waals surface area contributed by atoms with Gasteiger partial charge in [-0.15, -0.1) is 0 Å². The SMILES string of the molecule is CCc1noc(C)c1NC(=O)NCCC(O)c1ccccc1. The number of carbonyl (C=O) groups excluding carboxylic acids is 1. The second kappa shape index (κ2) is 7.61. The number of aromatic nitrogens is 1. The molecular formula is C16H21N3O3. The number of aliphatic hydroxyl groups is 1. The second-order valence-electron chi connectivity index (χ2n) is 5.01. The molecule has 0 saturated heterocycles. The fourth-order valence-corrected chi connectivity index (χ4v) is 2.14. The normalized spacial score (nSPS) is 12.0. The summed E-state index contributed by atoms with van der Waals surface area (Å²) in [5.41, 5.74) is 2.17. The molecule has 1 aromatic carbocycles. The molecule has 0 bridgehead atoms. The molecule has 2 rings (SSSR count). The van der Waals surface area contributed by atoms with Gasteiger partial charge in [0.15, 0.2) is 5.76 Å². The number of amides is 2. The molecule has 0 aliphatic rings. The molecule has 2 aromatic rings. The summed E-state index contributed by atoms with van der Waals surface area (Å²) in [6.45, 7) is 4.06. The Hall–Kier alpha value is -2.34. The molecule has 1 unspecified atom stereocenters. The lowest BCUT2D eigenvalue weighted by atomic mass is 10.1. The number of carbonyl (C=O) groups is 1. The number of nitrogens with zero attached hydrogens (tertiary/aromatic N) is 1. The Bertz CT molecular complexity index is 610. The molecule has 6 nitrogen and oxygen atoms in total. The lowest BCUT2D eigenvalue weighted by Gasteiger charge is -2.12. The van der Waals surface area contributed by atoms with E-state index in [1.54, 1.807) is 6.92 Å². The summed E-state index contributed by atoms with van der Waals surface area (Å²) in [7, 11) is 0. The van der Waals surface area contributed by atoms with E-state index in [9.17, 15) is 9.90 Å². The van der Waals surface area contributed by atoms with Crippen molar-refractivity contribution in [2.45, 2.75) is 32.8 Å². The Morgan fingerprint density at radius 3 is 2.77 bits per heavy atom. The van der Waals surface area contributed by atoms with E-state index in [2.05, 4.69) is 15.8 Å². The minimum absolute atomic E-state index is 0.332. The van der Waals surface area contributed by atoms with Crippen molar-refractivity contribution in [1.82, 2.24) is 10.5 Å². The van der Waals surface area contributed by atoms with Crippen LogP contribution in [0.25, 0.3) is 0 Å². The molecular weight excluding hydrogens is 282 g/mol. The van der Waals surface area contributed by atoms with Crippen molar-refractivity contribution in [1.29, 1.82) is 0 Å². The number of hydrogen-bond donors (Lipinski definition) is 3. The number of rotatable bonds is 6. The van der Waals surface area contributed by atoms with Crippen LogP contribution in [0.4, 0.5) is 10.5 Å². The third kappa shape index (κ3) is 4.08. The highest BCUT2D eigenvalue weighted by Crippen LogP contribution is 2.20. The van der Waals surface area contributed by atoms with Crippen molar-refractivity contribution >= 4 is 11.7 Å². The fourth-order valence-electron chi connectivity index (χ4n) is 2.14. The molecule has 1 aromatic heterocycles. The molecule has 0 radical (unpaired) electrons. The van der Waals surface area contributed by atoms with Gasteiger partial charge in [-0.2, -0.15) is 0 Å². The Morgan fingerprint density at radius 2 is 2.09 bits per heavy atom. The maximum atomic E-state index is 11.9. The first-order valence-corrected chi connectivity index (χ1v) is 7.34. The molecule has 1 heterocycles. The van der Waals surface area contributed by atoms with Crippen molar-refractivity contribution in [2.75, 3.05) is 11.9 Å². The number of benzene rings is 1. The zero-order valence-electron chi connectivity index (χ0n) is 12.8. The van der Waals surface area contributed by atoms with Gasteiger partial charge in [0, 0.05) is 6.54 Å². The minimum atomic E-state index is -0.593. The highest BCUT2D eigenvalue weighted by Gasteiger charge is 2.14. The van der Waals surface area contributed by atoms with E-state index < -0.39 is 6.10 Å². The molecule has 3 N–H and O–H groups in total. The van der Waals surface area contributed by atoms with Gasteiger partial charge in [-0.3, -0.25) is 0 Å². The van der Waals surface area contributed by atoms with Gasteiger partial charge >= 0.3 is 6.03 Å². The molecule has 0 fully saturated rings. The van der Waals surface area contributed by atoms with Crippen LogP contribution in [0.2, 0.25) is 0 Å². The standard InChI is InChI=1S/C16H21N3O3/c1-3-13-15(11(2)22-19-13)18-16(21)17-10-9-14(20)12-7-5-4-6-8-12/h4-8,14,20H,3,9-10H2,1-2H3,(H2,17,18,21). The first kappa shape index (κ1) is 16.0. The summed E-state index contributed by atoms with van der Waals surface area (Å²) in [6, 6.07) is 9.03. The number of nitrogens with one attached hydrogen (secondary N) is 2. The van der Waals surface area contributed by atoms with E-state index in [-0.39, 0.29) is 6.03 Å². The van der Waals surface area contributed by atoms with Crippen LogP contribution in [0, 0.1) is 6.92 Å². The van der Waals surface area contributed by atoms with Crippen LogP contribution in [0.5, 0.6) is 0 Å². The van der Waals surface area contributed by atoms with Crippen LogP contribution in [0.15, 0.2) is 34.9 Å². The first-order chi connectivity index (χ1) is 10.6. The maximum Gasteiger partial charge on any atom is 0.319 e. The largest absolute Gasteiger partial charge is 0.388 e. The van der Waals surface area contributed by atoms with Crippen molar-refractivity contribution in [3.8, 4) is 0 Å². The number of aliphatic hydroxyl groups excluding tert-OH is 1. The Kier molecular flexibility index (Phi) is 5.55. The molecule has 22 heavy (non-hydrogen) atoms. The quantitative estimate of drug-likeness (QED) is 0.765. The zero-order valence-corrected chi connectivity index (χ0v) is 12.8. The Labute approximate surface area is 129 Å². The van der Waals surface area contributed by atoms with Crippen molar-refractivity contribution in [3.05, 3.63) is 47.3 Å². The number of hydrogen-bond acceptors (Lipinski definition) is 4. The molecule has 0 aliphatic heterocycles. The maximum absolute atomic E-state index is 11.9. The summed E-state index contributed by atoms with van der Waals surface area (Å²) in [5, 5.41) is 19.4. The summed E-state index contributed by atoms with van der Waals surface area (Å²) in [6.07, 6.45) is 0.533. The van der Waals surface area contributed by atoms with E-state index in [0.29, 0.717) is 30.8 Å². The minimum Gasteiger partial charge on any atom is -0.388 e. The summed E-state index contributed by atoms with van der Waals surface area (Å²) in [4.78, 5) is 11.9. The van der Waals surface area contributed by atoms with Crippen LogP contribution >= 0.6 is 0 Å². The van der Waals surface area contributed by atoms with Gasteiger partial charge in [-0.25, -0.2) is 4.79 Å². The Balaban J connectivity index is 1.80. The lowest BCUT2D eigenvalue weighted by molar-refractivity contribution is 0.167. The topological polar surface area (TPSA) is 87.4 Å². The zero-order chi connectivity index (χ0) is 15.9. The molecule has 0 saturated carbocycles. The molecule has 2 amide bonds. The number of anilines is 1. The van der Waals surface area contributed by atoms with E-state index in [0.717, 1.165) is 11.3 Å². The van der Waals surface area contributed by atoms with Crippen molar-refractivity contribution in [3.63, 3.8) is 0 Å². The predicted molar refractivity (Wildman–Crippen MR) is 83.7 cm³/mol. The van der Waals surface area contributed by atoms with Gasteiger partial charge in [0.05, 0.1) is 6.10 Å². The highest BCUT2D eigenvalue weighted by atomic mass is 16.5. The molecule has 118 valence electrons. The summed E-state index contributed by atoms with van der Waals surface area (Å²) >= 11 is 0. The van der Waals surface area contributed by atoms with E-state index in [1.807, 2.05) is 37.3 Å². The summed E-state index contributed by atoms with van der Waals surface area (Å²) < 4.78 is 5.06. The monoisotopic (exact) mass is 303 g/mol. The average molecular weight is 303 g/mol. The fraction of sp³-hybridized carbons (Fsp3) is 0.375. The smallest absolute Gasteiger partial charge is 0.319 e. The third-order valence-electron chi connectivity index (χ3n) is 3.39. The predicted octanol–water partition coefficient (Wildman–Crippen LogP) is 2.79. The highest BCUT2D eigenvalue weighted by molar-refractivity contribution is 5.90. The van der Waals surface area contributed by atoms with Crippen LogP contribution in [0.1, 0.15) is 36.5 Å². The molecule has 0 aliphatic carbocycles. The van der Waals surface area contributed by atoms with Gasteiger partial charge in [0.25, 0.3) is 0 Å². The average Bonchev–Trinajstić information content (AvgIpc) is 2.88. The van der Waals surface area contributed by atoms with Crippen LogP contribution < -0.4 is 10.6 Å². The number of aryl methyl sites for hydroxylation is 2. The Morgan fingerprint density at radius 1 is 1.36 bits per heavy atom. The molecule has 6 heteroatoms. The van der Waals surface area contributed by atoms with Gasteiger partial charge < -0.3 is 20.3 Å². The lowest BCUT2D eigenvalue weighted by Crippen LogP contribution is -2.30.